The van der Waals surface area contributed by atoms with Crippen LogP contribution >= 0.6 is 24.8 Å². The van der Waals surface area contributed by atoms with E-state index in [2.05, 4.69) is 126 Å². The minimum absolute atomic E-state index is 0. The van der Waals surface area contributed by atoms with Crippen molar-refractivity contribution in [3.63, 3.8) is 0 Å². The Morgan fingerprint density at radius 1 is 0.756 bits per heavy atom. The summed E-state index contributed by atoms with van der Waals surface area (Å²) in [5.74, 6) is 0.587. The van der Waals surface area contributed by atoms with Crippen molar-refractivity contribution in [2.24, 2.45) is 11.3 Å². The Hall–Kier alpha value is -2.31. The summed E-state index contributed by atoms with van der Waals surface area (Å²) in [6.45, 7) is 17.4. The van der Waals surface area contributed by atoms with Gasteiger partial charge in [-0.2, -0.15) is 107 Å². The summed E-state index contributed by atoms with van der Waals surface area (Å²) >= 11 is 1.30. The van der Waals surface area contributed by atoms with Crippen LogP contribution < -0.4 is 0 Å². The first-order chi connectivity index (χ1) is 20.6. The summed E-state index contributed by atoms with van der Waals surface area (Å²) in [6, 6.07) is 36.2. The molecule has 1 atom stereocenters. The Bertz CT molecular complexity index is 1360. The molecule has 0 nitrogen and oxygen atoms in total. The second-order valence-corrected chi connectivity index (χ2v) is 12.1. The molecule has 0 bridgehead atoms. The third-order valence-electron chi connectivity index (χ3n) is 7.16. The van der Waals surface area contributed by atoms with Crippen LogP contribution in [0.3, 0.4) is 0 Å². The van der Waals surface area contributed by atoms with Crippen LogP contribution in [0.1, 0.15) is 73.9 Å². The van der Waals surface area contributed by atoms with Gasteiger partial charge in [0.1, 0.15) is 0 Å². The number of halogens is 2. The van der Waals surface area contributed by atoms with Crippen molar-refractivity contribution in [2.75, 3.05) is 0 Å². The first-order valence-corrected chi connectivity index (χ1v) is 16.9. The first-order valence-electron chi connectivity index (χ1n) is 15.2. The molecule has 1 unspecified atom stereocenters. The molecule has 0 heterocycles. The summed E-state index contributed by atoms with van der Waals surface area (Å²) in [4.78, 5) is 0. The molecule has 4 aromatic rings. The third-order valence-corrected chi connectivity index (χ3v) is 7.16. The molecule has 45 heavy (non-hydrogen) atoms. The molecule has 2 aliphatic rings. The summed E-state index contributed by atoms with van der Waals surface area (Å²) in [6.07, 6.45) is 11.5. The normalized spacial score (nSPS) is 13.0. The number of rotatable bonds is 2. The van der Waals surface area contributed by atoms with Crippen LogP contribution in [0, 0.1) is 63.3 Å². The van der Waals surface area contributed by atoms with Crippen molar-refractivity contribution >= 4 is 29.0 Å². The van der Waals surface area contributed by atoms with Crippen molar-refractivity contribution in [2.45, 2.75) is 74.7 Å². The number of allylic oxidation sites excluding steroid dienone is 4. The van der Waals surface area contributed by atoms with E-state index in [1.807, 2.05) is 48.5 Å². The van der Waals surface area contributed by atoms with E-state index in [1.165, 1.54) is 87.2 Å². The molecule has 3 heteroatoms. The molecule has 0 spiro atoms. The zero-order valence-electron chi connectivity index (χ0n) is 28.4. The van der Waals surface area contributed by atoms with Crippen molar-refractivity contribution in [1.29, 1.82) is 0 Å². The second kappa shape index (κ2) is 22.3. The second-order valence-electron chi connectivity index (χ2n) is 12.1. The quantitative estimate of drug-likeness (QED) is 0.160. The zero-order valence-corrected chi connectivity index (χ0v) is 32.5. The molecule has 6 rings (SSSR count). The summed E-state index contributed by atoms with van der Waals surface area (Å²) < 4.78 is 3.34. The van der Waals surface area contributed by atoms with E-state index in [9.17, 15) is 0 Å². The number of hydrogen-bond donors (Lipinski definition) is 0. The van der Waals surface area contributed by atoms with Gasteiger partial charge < -0.3 is 0 Å². The molecular weight excluding hydrogens is 667 g/mol. The van der Waals surface area contributed by atoms with Gasteiger partial charge in [0.25, 0.3) is 0 Å². The van der Waals surface area contributed by atoms with Gasteiger partial charge >= 0.3 is 28.4 Å². The van der Waals surface area contributed by atoms with Crippen LogP contribution in [-0.4, -0.2) is 4.21 Å². The van der Waals surface area contributed by atoms with E-state index in [-0.39, 0.29) is 24.8 Å². The molecule has 0 amide bonds. The average molecular weight is 717 g/mol. The SMILES string of the molecule is CCCC1[C-]=CC(C(C)(C)C)=C1.Cc1[c-]c2c(cc1)-c1ccc(C)cc1C2.Cc1cc[c-]cc1.Cc1cc[c-]cc1.Cl.Cl.[CH2]=[Zr]. The van der Waals surface area contributed by atoms with Gasteiger partial charge in [0, 0.05) is 0 Å². The van der Waals surface area contributed by atoms with Gasteiger partial charge in [-0.05, 0) is 18.9 Å². The van der Waals surface area contributed by atoms with Crippen LogP contribution in [0.5, 0.6) is 0 Å². The van der Waals surface area contributed by atoms with Gasteiger partial charge in [0.15, 0.2) is 0 Å². The predicted molar refractivity (Wildman–Crippen MR) is 198 cm³/mol. The molecule has 0 radical (unpaired) electrons. The molecule has 0 aromatic heterocycles. The van der Waals surface area contributed by atoms with Gasteiger partial charge in [-0.3, -0.25) is 6.08 Å². The predicted octanol–water partition coefficient (Wildman–Crippen LogP) is 11.8. The van der Waals surface area contributed by atoms with Crippen LogP contribution in [-0.2, 0) is 30.7 Å². The molecular formula is C42H50Cl2Zr-4. The van der Waals surface area contributed by atoms with E-state index in [0.29, 0.717) is 11.3 Å². The molecule has 2 aliphatic carbocycles. The Labute approximate surface area is 302 Å². The van der Waals surface area contributed by atoms with Crippen molar-refractivity contribution < 1.29 is 24.2 Å². The summed E-state index contributed by atoms with van der Waals surface area (Å²) in [5, 5.41) is 0. The first kappa shape index (κ1) is 42.7. The van der Waals surface area contributed by atoms with Crippen molar-refractivity contribution in [1.82, 2.24) is 0 Å². The zero-order chi connectivity index (χ0) is 31.8. The van der Waals surface area contributed by atoms with E-state index in [4.69, 9.17) is 0 Å². The minimum atomic E-state index is 0. The maximum atomic E-state index is 3.45. The molecule has 0 fully saturated rings. The van der Waals surface area contributed by atoms with E-state index >= 15 is 0 Å². The number of fused-ring (bicyclic) bond motifs is 3. The topological polar surface area (TPSA) is 0 Å². The van der Waals surface area contributed by atoms with Gasteiger partial charge in [0.05, 0.1) is 0 Å². The Kier molecular flexibility index (Phi) is 21.1. The van der Waals surface area contributed by atoms with Gasteiger partial charge in [-0.25, -0.2) is 6.08 Å². The maximum absolute atomic E-state index is 3.45. The van der Waals surface area contributed by atoms with E-state index < -0.39 is 0 Å². The van der Waals surface area contributed by atoms with Crippen molar-refractivity contribution in [3.8, 4) is 11.1 Å². The molecule has 0 aliphatic heterocycles. The molecule has 0 saturated heterocycles. The fraction of sp³-hybridized carbons (Fsp3) is 0.310. The average Bonchev–Trinajstić information content (AvgIpc) is 3.60. The standard InChI is InChI=1S/C15H13.C12H19.2C7H7.CH2.2ClH.Zr/c1-10-3-5-14-12(7-10)9-13-8-11(2)4-6-15(13)14;1-5-6-10-7-8-11(9-10)12(2,3)4;2*1-7-5-3-2-4-6-7;;;;/h3-7H,9H2,1-2H3;8-10H,5-6H2,1-4H3;2*3-6H,1H3;1H2;2*1H;/q4*-1;;;;. The number of aryl methyl sites for hydroxylation is 4. The molecule has 4 aromatic carbocycles. The Morgan fingerprint density at radius 3 is 1.73 bits per heavy atom. The number of benzene rings is 4. The molecule has 0 N–H and O–H groups in total. The Balaban J connectivity index is 0.000000582. The van der Waals surface area contributed by atoms with Crippen LogP contribution in [0.15, 0.2) is 96.6 Å². The van der Waals surface area contributed by atoms with Crippen molar-refractivity contribution in [3.05, 3.63) is 154 Å². The third kappa shape index (κ3) is 15.2. The number of hydrogen-bond acceptors (Lipinski definition) is 0. The van der Waals surface area contributed by atoms with Crippen LogP contribution in [0.4, 0.5) is 0 Å². The summed E-state index contributed by atoms with van der Waals surface area (Å²) in [7, 11) is 0. The van der Waals surface area contributed by atoms with Crippen LogP contribution in [0.2, 0.25) is 0 Å². The Morgan fingerprint density at radius 2 is 1.29 bits per heavy atom. The van der Waals surface area contributed by atoms with Gasteiger partial charge in [-0.15, -0.1) is 35.9 Å². The molecule has 0 saturated carbocycles. The fourth-order valence-corrected chi connectivity index (χ4v) is 4.76. The van der Waals surface area contributed by atoms with Crippen LogP contribution in [0.25, 0.3) is 11.1 Å². The molecule has 240 valence electrons. The monoisotopic (exact) mass is 714 g/mol. The fourth-order valence-electron chi connectivity index (χ4n) is 4.76. The summed E-state index contributed by atoms with van der Waals surface area (Å²) in [5.41, 5.74) is 12.5. The van der Waals surface area contributed by atoms with E-state index in [0.717, 1.165) is 6.42 Å². The van der Waals surface area contributed by atoms with E-state index in [1.54, 1.807) is 0 Å². The van der Waals surface area contributed by atoms with Gasteiger partial charge in [0.2, 0.25) is 0 Å². The van der Waals surface area contributed by atoms with Gasteiger partial charge in [-0.1, -0.05) is 102 Å².